The normalized spacial score (nSPS) is 20.6. The number of carbonyl (C=O) groups is 5. The van der Waals surface area contributed by atoms with Gasteiger partial charge in [0.05, 0.1) is 6.54 Å². The SMILES string of the molecule is CN=C(NC=O)N1CC=C(c2ccc(NC(=O)C34CCC(C(=O)Nc5ccc(CN=C(NC(=O)OC(C)(C)C)NC(=O)OC(C)(C)C)cc5)(CC3)CC4)cc2)CC1. The van der Waals surface area contributed by atoms with Gasteiger partial charge >= 0.3 is 12.2 Å². The van der Waals surface area contributed by atoms with Crippen LogP contribution in [-0.4, -0.2) is 78.6 Å². The number of rotatable bonds is 8. The molecule has 0 saturated heterocycles. The molecular weight excluding hydrogens is 729 g/mol. The Bertz CT molecular complexity index is 1850. The highest BCUT2D eigenvalue weighted by Crippen LogP contribution is 2.57. The van der Waals surface area contributed by atoms with Gasteiger partial charge in [-0.1, -0.05) is 30.3 Å². The molecule has 5 N–H and O–H groups in total. The number of ether oxygens (including phenoxy) is 2. The number of anilines is 2. The van der Waals surface area contributed by atoms with Crippen LogP contribution in [0.4, 0.5) is 21.0 Å². The highest BCUT2D eigenvalue weighted by Gasteiger charge is 2.55. The molecule has 0 unspecified atom stereocenters. The topological polar surface area (TPSA) is 192 Å². The van der Waals surface area contributed by atoms with E-state index in [1.165, 1.54) is 5.57 Å². The van der Waals surface area contributed by atoms with Crippen molar-refractivity contribution in [2.24, 2.45) is 20.8 Å². The summed E-state index contributed by atoms with van der Waals surface area (Å²) in [7, 11) is 1.65. The highest BCUT2D eigenvalue weighted by molar-refractivity contribution is 6.01. The Morgan fingerprint density at radius 1 is 0.754 bits per heavy atom. The van der Waals surface area contributed by atoms with Crippen LogP contribution in [0.2, 0.25) is 0 Å². The second kappa shape index (κ2) is 17.6. The van der Waals surface area contributed by atoms with Crippen LogP contribution in [0.15, 0.2) is 64.6 Å². The van der Waals surface area contributed by atoms with Gasteiger partial charge in [0.2, 0.25) is 24.2 Å². The molecule has 15 heteroatoms. The van der Waals surface area contributed by atoms with E-state index in [1.807, 2.05) is 41.3 Å². The van der Waals surface area contributed by atoms with E-state index in [0.29, 0.717) is 63.1 Å². The number of guanidine groups is 2. The lowest BCUT2D eigenvalue weighted by molar-refractivity contribution is -0.144. The van der Waals surface area contributed by atoms with Gasteiger partial charge in [-0.25, -0.2) is 14.6 Å². The van der Waals surface area contributed by atoms with Crippen molar-refractivity contribution in [3.8, 4) is 0 Å². The number of nitrogens with one attached hydrogen (secondary N) is 5. The van der Waals surface area contributed by atoms with E-state index in [1.54, 1.807) is 60.7 Å². The molecule has 0 radical (unpaired) electrons. The summed E-state index contributed by atoms with van der Waals surface area (Å²) >= 11 is 0. The third-order valence-electron chi connectivity index (χ3n) is 10.5. The third kappa shape index (κ3) is 11.4. The molecule has 0 spiro atoms. The van der Waals surface area contributed by atoms with Crippen molar-refractivity contribution in [1.82, 2.24) is 20.9 Å². The van der Waals surface area contributed by atoms with Crippen LogP contribution in [0.25, 0.3) is 5.57 Å². The second-order valence-corrected chi connectivity index (χ2v) is 16.9. The molecule has 306 valence electrons. The van der Waals surface area contributed by atoms with Gasteiger partial charge in [0.25, 0.3) is 0 Å². The minimum absolute atomic E-state index is 0.00883. The molecule has 2 aromatic carbocycles. The quantitative estimate of drug-likeness (QED) is 0.117. The van der Waals surface area contributed by atoms with Gasteiger partial charge in [-0.3, -0.25) is 35.3 Å². The molecule has 0 atom stereocenters. The van der Waals surface area contributed by atoms with Gasteiger partial charge in [-0.15, -0.1) is 0 Å². The van der Waals surface area contributed by atoms with Crippen LogP contribution >= 0.6 is 0 Å². The summed E-state index contributed by atoms with van der Waals surface area (Å²) < 4.78 is 10.6. The van der Waals surface area contributed by atoms with Gasteiger partial charge in [0.15, 0.2) is 5.96 Å². The summed E-state index contributed by atoms with van der Waals surface area (Å²) in [5.74, 6) is 0.395. The average Bonchev–Trinajstić information content (AvgIpc) is 3.16. The maximum absolute atomic E-state index is 13.7. The van der Waals surface area contributed by atoms with Crippen molar-refractivity contribution in [2.75, 3.05) is 30.8 Å². The average molecular weight is 785 g/mol. The first-order valence-corrected chi connectivity index (χ1v) is 19.4. The van der Waals surface area contributed by atoms with E-state index < -0.39 is 34.2 Å². The van der Waals surface area contributed by atoms with E-state index in [0.717, 1.165) is 29.8 Å². The molecule has 1 heterocycles. The highest BCUT2D eigenvalue weighted by atomic mass is 16.6. The minimum Gasteiger partial charge on any atom is -0.444 e. The van der Waals surface area contributed by atoms with Crippen LogP contribution in [0.1, 0.15) is 97.6 Å². The Kier molecular flexibility index (Phi) is 13.1. The first-order valence-electron chi connectivity index (χ1n) is 19.4. The number of fused-ring (bicyclic) bond motifs is 3. The molecule has 3 saturated carbocycles. The fourth-order valence-electron chi connectivity index (χ4n) is 7.41. The lowest BCUT2D eigenvalue weighted by Crippen LogP contribution is -2.52. The standard InChI is InChI=1S/C42H56N8O7/c1-39(2,3)56-37(54)48-35(49-38(55)57-40(4,5)6)44-26-28-8-12-31(13-9-28)46-33(52)41-18-21-42(22-19-41,23-20-41)34(53)47-32-14-10-29(11-15-32)30-16-24-50(25-17-30)36(43-7)45-27-51/h8-16,27H,17-26H2,1-7H3,(H,46,52)(H,47,53)(H,43,45,51)(H2,44,48,49,54,55). The summed E-state index contributed by atoms with van der Waals surface area (Å²) in [5.41, 5.74) is 1.91. The minimum atomic E-state index is -0.779. The van der Waals surface area contributed by atoms with E-state index in [9.17, 15) is 24.0 Å². The van der Waals surface area contributed by atoms with E-state index in [2.05, 4.69) is 42.6 Å². The number of carbonyl (C=O) groups excluding carboxylic acids is 5. The number of hydrogen-bond donors (Lipinski definition) is 5. The smallest absolute Gasteiger partial charge is 0.414 e. The molecular formula is C42H56N8O7. The Balaban J connectivity index is 1.13. The lowest BCUT2D eigenvalue weighted by atomic mass is 9.53. The van der Waals surface area contributed by atoms with Crippen LogP contribution in [0.3, 0.4) is 0 Å². The van der Waals surface area contributed by atoms with Crippen LogP contribution in [0.5, 0.6) is 0 Å². The van der Waals surface area contributed by atoms with Crippen molar-refractivity contribution < 1.29 is 33.4 Å². The van der Waals surface area contributed by atoms with Crippen molar-refractivity contribution in [3.05, 3.63) is 65.7 Å². The zero-order valence-corrected chi connectivity index (χ0v) is 34.0. The summed E-state index contributed by atoms with van der Waals surface area (Å²) in [6, 6.07) is 15.1. The van der Waals surface area contributed by atoms with Gasteiger partial charge < -0.3 is 25.0 Å². The first-order chi connectivity index (χ1) is 26.9. The number of aliphatic imine (C=N–C) groups is 2. The molecule has 15 nitrogen and oxygen atoms in total. The molecule has 2 bridgehead atoms. The maximum Gasteiger partial charge on any atom is 0.414 e. The molecule has 57 heavy (non-hydrogen) atoms. The van der Waals surface area contributed by atoms with Crippen molar-refractivity contribution in [1.29, 1.82) is 0 Å². The molecule has 2 aromatic rings. The Hall–Kier alpha value is -5.73. The monoisotopic (exact) mass is 784 g/mol. The van der Waals surface area contributed by atoms with Gasteiger partial charge in [0, 0.05) is 42.3 Å². The molecule has 5 amide bonds. The summed E-state index contributed by atoms with van der Waals surface area (Å²) in [6.07, 6.45) is 5.84. The van der Waals surface area contributed by atoms with E-state index in [4.69, 9.17) is 9.47 Å². The lowest BCUT2D eigenvalue weighted by Gasteiger charge is -2.51. The molecule has 3 fully saturated rings. The van der Waals surface area contributed by atoms with Crippen molar-refractivity contribution in [3.63, 3.8) is 0 Å². The van der Waals surface area contributed by atoms with Crippen LogP contribution < -0.4 is 26.6 Å². The molecule has 0 aromatic heterocycles. The Labute approximate surface area is 334 Å². The summed E-state index contributed by atoms with van der Waals surface area (Å²) in [4.78, 5) is 73.6. The predicted octanol–water partition coefficient (Wildman–Crippen LogP) is 6.33. The van der Waals surface area contributed by atoms with Crippen LogP contribution in [-0.2, 0) is 30.4 Å². The molecule has 6 rings (SSSR count). The van der Waals surface area contributed by atoms with Gasteiger partial charge in [0.1, 0.15) is 11.2 Å². The second-order valence-electron chi connectivity index (χ2n) is 16.9. The fraction of sp³-hybridized carbons (Fsp3) is 0.500. The number of benzene rings is 2. The van der Waals surface area contributed by atoms with E-state index >= 15 is 0 Å². The number of nitrogens with zero attached hydrogens (tertiary/aromatic N) is 3. The van der Waals surface area contributed by atoms with E-state index in [-0.39, 0.29) is 24.3 Å². The Morgan fingerprint density at radius 2 is 1.23 bits per heavy atom. The van der Waals surface area contributed by atoms with Gasteiger partial charge in [-0.2, -0.15) is 0 Å². The molecule has 3 aliphatic carbocycles. The zero-order valence-electron chi connectivity index (χ0n) is 34.0. The number of amides is 5. The van der Waals surface area contributed by atoms with Gasteiger partial charge in [-0.05, 0) is 127 Å². The largest absolute Gasteiger partial charge is 0.444 e. The predicted molar refractivity (Wildman–Crippen MR) is 219 cm³/mol. The number of alkyl carbamates (subject to hydrolysis) is 2. The molecule has 1 aliphatic heterocycles. The summed E-state index contributed by atoms with van der Waals surface area (Å²) in [6.45, 7) is 11.8. The van der Waals surface area contributed by atoms with Crippen molar-refractivity contribution in [2.45, 2.75) is 104 Å². The first kappa shape index (κ1) is 42.4. The zero-order chi connectivity index (χ0) is 41.4. The van der Waals surface area contributed by atoms with Crippen molar-refractivity contribution >= 4 is 59.3 Å². The Morgan fingerprint density at radius 3 is 1.63 bits per heavy atom. The number of hydrogen-bond acceptors (Lipinski definition) is 9. The maximum atomic E-state index is 13.7. The summed E-state index contributed by atoms with van der Waals surface area (Å²) in [5, 5.41) is 13.8. The third-order valence-corrected chi connectivity index (χ3v) is 10.5. The fourth-order valence-corrected chi connectivity index (χ4v) is 7.41. The van der Waals surface area contributed by atoms with Crippen LogP contribution in [0, 0.1) is 10.8 Å². The molecule has 4 aliphatic rings.